The number of hydrogen-bond acceptors (Lipinski definition) is 3. The van der Waals surface area contributed by atoms with Gasteiger partial charge in [-0.2, -0.15) is 0 Å². The normalized spacial score (nSPS) is 13.8. The summed E-state index contributed by atoms with van der Waals surface area (Å²) in [7, 11) is 0. The van der Waals surface area contributed by atoms with E-state index >= 15 is 0 Å². The van der Waals surface area contributed by atoms with Crippen molar-refractivity contribution in [3.8, 4) is 0 Å². The quantitative estimate of drug-likeness (QED) is 0.586. The molecule has 0 unspecified atom stereocenters. The SMILES string of the molecule is CC(=O)NCCCCCC(=O)N(CC(=O)O)CC1CC1. The minimum absolute atomic E-state index is 0.0434. The van der Waals surface area contributed by atoms with Crippen molar-refractivity contribution in [1.82, 2.24) is 10.2 Å². The first-order chi connectivity index (χ1) is 9.49. The lowest BCUT2D eigenvalue weighted by atomic mass is 10.1. The predicted molar refractivity (Wildman–Crippen MR) is 74.1 cm³/mol. The van der Waals surface area contributed by atoms with Crippen LogP contribution in [0.4, 0.5) is 0 Å². The number of amides is 2. The van der Waals surface area contributed by atoms with E-state index < -0.39 is 5.97 Å². The van der Waals surface area contributed by atoms with Gasteiger partial charge in [0.15, 0.2) is 0 Å². The first-order valence-corrected chi connectivity index (χ1v) is 7.23. The van der Waals surface area contributed by atoms with Crippen LogP contribution in [0.25, 0.3) is 0 Å². The molecule has 0 aromatic rings. The summed E-state index contributed by atoms with van der Waals surface area (Å²) in [6.45, 7) is 2.49. The maximum atomic E-state index is 12.0. The molecule has 0 heterocycles. The van der Waals surface area contributed by atoms with Gasteiger partial charge in [-0.25, -0.2) is 0 Å². The van der Waals surface area contributed by atoms with Gasteiger partial charge in [-0.1, -0.05) is 6.42 Å². The molecule has 0 aromatic heterocycles. The standard InChI is InChI=1S/C14H24N2O4/c1-11(17)15-8-4-2-3-5-13(18)16(10-14(19)20)9-12-6-7-12/h12H,2-10H2,1H3,(H,15,17)(H,19,20). The zero-order valence-corrected chi connectivity index (χ0v) is 12.1. The topological polar surface area (TPSA) is 86.7 Å². The smallest absolute Gasteiger partial charge is 0.323 e. The molecule has 0 bridgehead atoms. The third-order valence-corrected chi connectivity index (χ3v) is 3.30. The maximum Gasteiger partial charge on any atom is 0.323 e. The second kappa shape index (κ2) is 8.55. The summed E-state index contributed by atoms with van der Waals surface area (Å²) >= 11 is 0. The van der Waals surface area contributed by atoms with Crippen LogP contribution in [0.2, 0.25) is 0 Å². The van der Waals surface area contributed by atoms with Crippen LogP contribution in [0.5, 0.6) is 0 Å². The summed E-state index contributed by atoms with van der Waals surface area (Å²) in [5.41, 5.74) is 0. The minimum Gasteiger partial charge on any atom is -0.480 e. The van der Waals surface area contributed by atoms with Gasteiger partial charge in [-0.3, -0.25) is 14.4 Å². The molecule has 1 fully saturated rings. The Morgan fingerprint density at radius 3 is 2.45 bits per heavy atom. The molecule has 20 heavy (non-hydrogen) atoms. The first kappa shape index (κ1) is 16.5. The zero-order valence-electron chi connectivity index (χ0n) is 12.1. The fraction of sp³-hybridized carbons (Fsp3) is 0.786. The van der Waals surface area contributed by atoms with Crippen molar-refractivity contribution in [2.24, 2.45) is 5.92 Å². The third kappa shape index (κ3) is 7.76. The van der Waals surface area contributed by atoms with Gasteiger partial charge in [-0.05, 0) is 31.6 Å². The average molecular weight is 284 g/mol. The molecule has 0 aliphatic heterocycles. The van der Waals surface area contributed by atoms with Crippen molar-refractivity contribution in [3.63, 3.8) is 0 Å². The molecule has 0 atom stereocenters. The summed E-state index contributed by atoms with van der Waals surface area (Å²) in [4.78, 5) is 34.9. The van der Waals surface area contributed by atoms with Gasteiger partial charge in [0.25, 0.3) is 0 Å². The molecule has 0 spiro atoms. The van der Waals surface area contributed by atoms with E-state index in [9.17, 15) is 14.4 Å². The molecular formula is C14H24N2O4. The lowest BCUT2D eigenvalue weighted by Crippen LogP contribution is -2.37. The second-order valence-corrected chi connectivity index (χ2v) is 5.40. The molecule has 0 radical (unpaired) electrons. The van der Waals surface area contributed by atoms with Crippen molar-refractivity contribution < 1.29 is 19.5 Å². The lowest BCUT2D eigenvalue weighted by molar-refractivity contribution is -0.144. The molecule has 6 heteroatoms. The van der Waals surface area contributed by atoms with E-state index in [1.807, 2.05) is 0 Å². The number of carboxylic acids is 1. The molecule has 1 rings (SSSR count). The molecule has 0 saturated heterocycles. The van der Waals surface area contributed by atoms with Gasteiger partial charge in [0.2, 0.25) is 11.8 Å². The molecule has 1 aliphatic carbocycles. The van der Waals surface area contributed by atoms with Crippen molar-refractivity contribution in [2.75, 3.05) is 19.6 Å². The maximum absolute atomic E-state index is 12.0. The molecule has 1 aliphatic rings. The second-order valence-electron chi connectivity index (χ2n) is 5.40. The van der Waals surface area contributed by atoms with Crippen LogP contribution in [0.1, 0.15) is 45.4 Å². The molecule has 2 amide bonds. The van der Waals surface area contributed by atoms with Crippen LogP contribution < -0.4 is 5.32 Å². The van der Waals surface area contributed by atoms with E-state index in [2.05, 4.69) is 5.32 Å². The molecule has 2 N–H and O–H groups in total. The van der Waals surface area contributed by atoms with Crippen LogP contribution >= 0.6 is 0 Å². The summed E-state index contributed by atoms with van der Waals surface area (Å²) in [6, 6.07) is 0. The van der Waals surface area contributed by atoms with Crippen molar-refractivity contribution in [3.05, 3.63) is 0 Å². The van der Waals surface area contributed by atoms with Crippen molar-refractivity contribution >= 4 is 17.8 Å². The minimum atomic E-state index is -0.954. The molecule has 1 saturated carbocycles. The van der Waals surface area contributed by atoms with Gasteiger partial charge in [-0.15, -0.1) is 0 Å². The Morgan fingerprint density at radius 2 is 1.90 bits per heavy atom. The summed E-state index contributed by atoms with van der Waals surface area (Å²) in [5.74, 6) is -0.570. The van der Waals surface area contributed by atoms with Gasteiger partial charge in [0, 0.05) is 26.4 Å². The number of rotatable bonds is 10. The highest BCUT2D eigenvalue weighted by Crippen LogP contribution is 2.29. The van der Waals surface area contributed by atoms with E-state index in [4.69, 9.17) is 5.11 Å². The van der Waals surface area contributed by atoms with Crippen LogP contribution in [-0.2, 0) is 14.4 Å². The number of carbonyl (C=O) groups excluding carboxylic acids is 2. The third-order valence-electron chi connectivity index (χ3n) is 3.30. The number of aliphatic carboxylic acids is 1. The van der Waals surface area contributed by atoms with Gasteiger partial charge in [0.05, 0.1) is 0 Å². The highest BCUT2D eigenvalue weighted by atomic mass is 16.4. The van der Waals surface area contributed by atoms with Gasteiger partial charge >= 0.3 is 5.97 Å². The monoisotopic (exact) mass is 284 g/mol. The Bertz CT molecular complexity index is 353. The Labute approximate surface area is 119 Å². The zero-order chi connectivity index (χ0) is 15.0. The summed E-state index contributed by atoms with van der Waals surface area (Å²) in [5, 5.41) is 11.5. The number of unbranched alkanes of at least 4 members (excludes halogenated alkanes) is 2. The molecule has 0 aromatic carbocycles. The molecular weight excluding hydrogens is 260 g/mol. The number of nitrogens with zero attached hydrogens (tertiary/aromatic N) is 1. The molecule has 114 valence electrons. The van der Waals surface area contributed by atoms with E-state index in [0.29, 0.717) is 25.4 Å². The van der Waals surface area contributed by atoms with Gasteiger partial charge in [0.1, 0.15) is 6.54 Å². The van der Waals surface area contributed by atoms with E-state index in [-0.39, 0.29) is 18.4 Å². The van der Waals surface area contributed by atoms with Crippen molar-refractivity contribution in [1.29, 1.82) is 0 Å². The average Bonchev–Trinajstić information content (AvgIpc) is 3.15. The Morgan fingerprint density at radius 1 is 1.20 bits per heavy atom. The Hall–Kier alpha value is -1.59. The summed E-state index contributed by atoms with van der Waals surface area (Å²) < 4.78 is 0. The van der Waals surface area contributed by atoms with Crippen LogP contribution in [0.15, 0.2) is 0 Å². The number of nitrogens with one attached hydrogen (secondary N) is 1. The first-order valence-electron chi connectivity index (χ1n) is 7.23. The van der Waals surface area contributed by atoms with Crippen molar-refractivity contribution in [2.45, 2.75) is 45.4 Å². The summed E-state index contributed by atoms with van der Waals surface area (Å²) in [6.07, 6.45) is 5.02. The van der Waals surface area contributed by atoms with Crippen LogP contribution in [0.3, 0.4) is 0 Å². The van der Waals surface area contributed by atoms with Crippen LogP contribution in [-0.4, -0.2) is 47.4 Å². The predicted octanol–water partition coefficient (Wildman–Crippen LogP) is 1.01. The lowest BCUT2D eigenvalue weighted by Gasteiger charge is -2.20. The van der Waals surface area contributed by atoms with E-state index in [1.54, 1.807) is 0 Å². The fourth-order valence-corrected chi connectivity index (χ4v) is 2.03. The Kier molecular flexibility index (Phi) is 7.04. The highest BCUT2D eigenvalue weighted by Gasteiger charge is 2.27. The number of carboxylic acid groups (broad SMARTS) is 1. The number of carbonyl (C=O) groups is 3. The highest BCUT2D eigenvalue weighted by molar-refractivity contribution is 5.81. The van der Waals surface area contributed by atoms with E-state index in [0.717, 1.165) is 32.1 Å². The largest absolute Gasteiger partial charge is 0.480 e. The fourth-order valence-electron chi connectivity index (χ4n) is 2.03. The Balaban J connectivity index is 2.16. The molecule has 6 nitrogen and oxygen atoms in total. The van der Waals surface area contributed by atoms with Gasteiger partial charge < -0.3 is 15.3 Å². The van der Waals surface area contributed by atoms with E-state index in [1.165, 1.54) is 11.8 Å². The number of hydrogen-bond donors (Lipinski definition) is 2. The van der Waals surface area contributed by atoms with Crippen LogP contribution in [0, 0.1) is 5.92 Å².